The van der Waals surface area contributed by atoms with Gasteiger partial charge in [-0.05, 0) is 39.3 Å². The number of aromatic nitrogens is 2. The first-order chi connectivity index (χ1) is 12.2. The van der Waals surface area contributed by atoms with E-state index in [0.29, 0.717) is 23.3 Å². The maximum Gasteiger partial charge on any atom is 0.280 e. The van der Waals surface area contributed by atoms with Crippen LogP contribution in [-0.4, -0.2) is 35.5 Å². The molecule has 1 aromatic carbocycles. The molecule has 4 rings (SSSR count). The van der Waals surface area contributed by atoms with E-state index in [2.05, 4.69) is 36.6 Å². The van der Waals surface area contributed by atoms with E-state index < -0.39 is 0 Å². The van der Waals surface area contributed by atoms with Gasteiger partial charge in [-0.15, -0.1) is 5.43 Å². The van der Waals surface area contributed by atoms with Crippen molar-refractivity contribution in [3.8, 4) is 5.75 Å². The molecule has 0 unspecified atom stereocenters. The van der Waals surface area contributed by atoms with Crippen molar-refractivity contribution in [2.45, 2.75) is 18.9 Å². The fourth-order valence-electron chi connectivity index (χ4n) is 2.72. The van der Waals surface area contributed by atoms with Gasteiger partial charge in [-0.25, -0.2) is 4.39 Å². The molecule has 0 atom stereocenters. The highest BCUT2D eigenvalue weighted by Gasteiger charge is 2.25. The van der Waals surface area contributed by atoms with Gasteiger partial charge in [0.05, 0.1) is 10.7 Å². The normalized spacial score (nSPS) is 17.5. The molecular weight excluding hydrogens is 393 g/mol. The molecule has 9 heteroatoms. The minimum atomic E-state index is -0.314. The number of benzene rings is 1. The van der Waals surface area contributed by atoms with Crippen molar-refractivity contribution in [2.75, 3.05) is 18.0 Å². The lowest BCUT2D eigenvalue weighted by atomic mass is 10.1. The third-order valence-electron chi connectivity index (χ3n) is 4.01. The molecule has 1 saturated heterocycles. The molecule has 25 heavy (non-hydrogen) atoms. The van der Waals surface area contributed by atoms with E-state index in [1.54, 1.807) is 18.4 Å². The van der Waals surface area contributed by atoms with Gasteiger partial charge in [-0.3, -0.25) is 0 Å². The SMILES string of the molecule is Fc1ccc(Br)c(OC2CCN(c3noc(C4=CC=N[N]4)n3)CC2)c1. The van der Waals surface area contributed by atoms with Crippen LogP contribution in [0.15, 0.2) is 38.4 Å². The molecule has 1 radical (unpaired) electrons. The second-order valence-electron chi connectivity index (χ2n) is 5.69. The molecule has 0 saturated carbocycles. The van der Waals surface area contributed by atoms with Crippen LogP contribution in [0.2, 0.25) is 0 Å². The summed E-state index contributed by atoms with van der Waals surface area (Å²) in [5.74, 6) is 1.10. The molecule has 0 amide bonds. The number of piperidine rings is 1. The number of anilines is 1. The average molecular weight is 407 g/mol. The van der Waals surface area contributed by atoms with Gasteiger partial charge in [-0.1, -0.05) is 0 Å². The van der Waals surface area contributed by atoms with Gasteiger partial charge < -0.3 is 14.2 Å². The summed E-state index contributed by atoms with van der Waals surface area (Å²) in [5.41, 5.74) is 4.46. The third-order valence-corrected chi connectivity index (χ3v) is 4.67. The first-order valence-electron chi connectivity index (χ1n) is 7.84. The highest BCUT2D eigenvalue weighted by atomic mass is 79.9. The van der Waals surface area contributed by atoms with Crippen molar-refractivity contribution in [3.05, 3.63) is 40.5 Å². The molecule has 2 aliphatic heterocycles. The highest BCUT2D eigenvalue weighted by molar-refractivity contribution is 9.10. The minimum absolute atomic E-state index is 0.0154. The van der Waals surface area contributed by atoms with Gasteiger partial charge in [0.25, 0.3) is 11.8 Å². The van der Waals surface area contributed by atoms with Crippen LogP contribution in [-0.2, 0) is 0 Å². The van der Waals surface area contributed by atoms with E-state index in [9.17, 15) is 4.39 Å². The minimum Gasteiger partial charge on any atom is -0.489 e. The molecule has 3 heterocycles. The van der Waals surface area contributed by atoms with E-state index in [1.807, 2.05) is 4.90 Å². The van der Waals surface area contributed by atoms with Crippen molar-refractivity contribution < 1.29 is 13.7 Å². The summed E-state index contributed by atoms with van der Waals surface area (Å²) in [5, 5.41) is 7.75. The lowest BCUT2D eigenvalue weighted by molar-refractivity contribution is 0.168. The number of hydrogen-bond donors (Lipinski definition) is 0. The Morgan fingerprint density at radius 3 is 2.88 bits per heavy atom. The van der Waals surface area contributed by atoms with Crippen molar-refractivity contribution >= 4 is 33.8 Å². The van der Waals surface area contributed by atoms with Crippen LogP contribution in [0.3, 0.4) is 0 Å². The highest BCUT2D eigenvalue weighted by Crippen LogP contribution is 2.29. The maximum absolute atomic E-state index is 13.4. The molecule has 0 N–H and O–H groups in total. The largest absolute Gasteiger partial charge is 0.489 e. The molecule has 0 bridgehead atoms. The summed E-state index contributed by atoms with van der Waals surface area (Å²) in [6.45, 7) is 1.45. The monoisotopic (exact) mass is 406 g/mol. The Hall–Kier alpha value is -2.42. The van der Waals surface area contributed by atoms with E-state index >= 15 is 0 Å². The standard InChI is InChI=1S/C16H14BrFN5O2/c17-12-2-1-10(18)9-14(12)24-11-4-7-23(8-5-11)16-20-15(25-22-16)13-3-6-19-21-13/h1-3,6,9,11H,4-5,7-8H2. The maximum atomic E-state index is 13.4. The molecule has 1 aromatic heterocycles. The van der Waals surface area contributed by atoms with E-state index in [-0.39, 0.29) is 11.9 Å². The average Bonchev–Trinajstić information content (AvgIpc) is 3.30. The Morgan fingerprint density at radius 1 is 1.28 bits per heavy atom. The van der Waals surface area contributed by atoms with Crippen molar-refractivity contribution in [2.24, 2.45) is 5.10 Å². The van der Waals surface area contributed by atoms with Gasteiger partial charge >= 0.3 is 0 Å². The Balaban J connectivity index is 1.36. The zero-order valence-corrected chi connectivity index (χ0v) is 14.7. The number of ether oxygens (including phenoxy) is 1. The molecule has 2 aromatic rings. The second kappa shape index (κ2) is 6.83. The number of rotatable bonds is 4. The zero-order chi connectivity index (χ0) is 17.2. The molecule has 7 nitrogen and oxygen atoms in total. The Labute approximate surface area is 151 Å². The van der Waals surface area contributed by atoms with Gasteiger partial charge in [0.15, 0.2) is 5.70 Å². The van der Waals surface area contributed by atoms with Crippen LogP contribution in [0, 0.1) is 5.82 Å². The second-order valence-corrected chi connectivity index (χ2v) is 6.55. The molecule has 129 valence electrons. The molecule has 0 aliphatic carbocycles. The van der Waals surface area contributed by atoms with Gasteiger partial charge in [0, 0.05) is 32.0 Å². The first kappa shape index (κ1) is 16.1. The summed E-state index contributed by atoms with van der Waals surface area (Å²) in [6.07, 6.45) is 4.87. The first-order valence-corrected chi connectivity index (χ1v) is 8.63. The van der Waals surface area contributed by atoms with Crippen LogP contribution in [0.5, 0.6) is 5.75 Å². The summed E-state index contributed by atoms with van der Waals surface area (Å²) >= 11 is 3.38. The molecule has 0 spiro atoms. The number of halogens is 2. The number of hydrogen-bond acceptors (Lipinski definition) is 6. The van der Waals surface area contributed by atoms with Gasteiger partial charge in [0.2, 0.25) is 0 Å². The fraction of sp³-hybridized carbons (Fsp3) is 0.312. The van der Waals surface area contributed by atoms with Crippen LogP contribution in [0.1, 0.15) is 18.7 Å². The summed E-state index contributed by atoms with van der Waals surface area (Å²) in [7, 11) is 0. The van der Waals surface area contributed by atoms with Gasteiger partial charge in [-0.2, -0.15) is 10.1 Å². The molecule has 2 aliphatic rings. The quantitative estimate of drug-likeness (QED) is 0.779. The zero-order valence-electron chi connectivity index (χ0n) is 13.1. The smallest absolute Gasteiger partial charge is 0.280 e. The van der Waals surface area contributed by atoms with Crippen LogP contribution in [0.4, 0.5) is 10.3 Å². The molecular formula is C16H14BrFN5O2. The molecule has 1 fully saturated rings. The van der Waals surface area contributed by atoms with E-state index in [1.165, 1.54) is 12.1 Å². The van der Waals surface area contributed by atoms with Gasteiger partial charge in [0.1, 0.15) is 17.7 Å². The predicted octanol–water partition coefficient (Wildman–Crippen LogP) is 2.96. The summed E-state index contributed by atoms with van der Waals surface area (Å²) in [4.78, 5) is 6.39. The lowest BCUT2D eigenvalue weighted by Crippen LogP contribution is -2.38. The van der Waals surface area contributed by atoms with Crippen molar-refractivity contribution in [1.82, 2.24) is 15.6 Å². The third kappa shape index (κ3) is 3.51. The Bertz CT molecular complexity index is 830. The van der Waals surface area contributed by atoms with Crippen LogP contribution in [0.25, 0.3) is 5.70 Å². The predicted molar refractivity (Wildman–Crippen MR) is 92.9 cm³/mol. The topological polar surface area (TPSA) is 77.9 Å². The van der Waals surface area contributed by atoms with E-state index in [4.69, 9.17) is 9.26 Å². The van der Waals surface area contributed by atoms with Crippen molar-refractivity contribution in [3.63, 3.8) is 0 Å². The number of allylic oxidation sites excluding steroid dienone is 1. The van der Waals surface area contributed by atoms with Crippen LogP contribution >= 0.6 is 15.9 Å². The Kier molecular flexibility index (Phi) is 4.39. The number of nitrogens with zero attached hydrogens (tertiary/aromatic N) is 5. The fourth-order valence-corrected chi connectivity index (χ4v) is 3.06. The van der Waals surface area contributed by atoms with E-state index in [0.717, 1.165) is 30.4 Å². The lowest BCUT2D eigenvalue weighted by Gasteiger charge is -2.31. The summed E-state index contributed by atoms with van der Waals surface area (Å²) in [6, 6.07) is 4.43. The van der Waals surface area contributed by atoms with Crippen molar-refractivity contribution in [1.29, 1.82) is 0 Å². The Morgan fingerprint density at radius 2 is 2.12 bits per heavy atom. The summed E-state index contributed by atoms with van der Waals surface area (Å²) < 4.78 is 25.3. The van der Waals surface area contributed by atoms with Crippen LogP contribution < -0.4 is 15.1 Å².